The van der Waals surface area contributed by atoms with Crippen LogP contribution >= 0.6 is 15.9 Å². The van der Waals surface area contributed by atoms with Gasteiger partial charge in [-0.2, -0.15) is 0 Å². The lowest BCUT2D eigenvalue weighted by Gasteiger charge is -2.33. The first kappa shape index (κ1) is 23.1. The molecule has 1 heterocycles. The highest BCUT2D eigenvalue weighted by Crippen LogP contribution is 2.26. The molecule has 7 heteroatoms. The lowest BCUT2D eigenvalue weighted by molar-refractivity contribution is 0.0452. The van der Waals surface area contributed by atoms with Gasteiger partial charge in [0.2, 0.25) is 0 Å². The van der Waals surface area contributed by atoms with E-state index in [1.165, 1.54) is 0 Å². The summed E-state index contributed by atoms with van der Waals surface area (Å²) in [4.78, 5) is 26.9. The molecule has 0 aromatic heterocycles. The van der Waals surface area contributed by atoms with Crippen LogP contribution in [0.15, 0.2) is 53.0 Å². The minimum absolute atomic E-state index is 0.0721. The van der Waals surface area contributed by atoms with E-state index >= 15 is 0 Å². The maximum Gasteiger partial charge on any atom is 0.407 e. The zero-order valence-corrected chi connectivity index (χ0v) is 19.8. The van der Waals surface area contributed by atoms with Crippen LogP contribution in [0.5, 0.6) is 5.75 Å². The Morgan fingerprint density at radius 1 is 1.16 bits per heavy atom. The number of ether oxygens (including phenoxy) is 2. The second kappa shape index (κ2) is 10.2. The second-order valence-corrected chi connectivity index (χ2v) is 9.51. The minimum Gasteiger partial charge on any atom is -0.489 e. The topological polar surface area (TPSA) is 67.9 Å². The van der Waals surface area contributed by atoms with Crippen molar-refractivity contribution in [2.45, 2.75) is 51.9 Å². The molecule has 0 saturated carbocycles. The molecule has 0 bridgehead atoms. The molecule has 2 amide bonds. The Hall–Kier alpha value is -2.54. The number of amides is 2. The van der Waals surface area contributed by atoms with Gasteiger partial charge in [-0.05, 0) is 73.3 Å². The van der Waals surface area contributed by atoms with Crippen molar-refractivity contribution in [3.63, 3.8) is 0 Å². The number of carbonyl (C=O) groups is 2. The van der Waals surface area contributed by atoms with Gasteiger partial charge in [-0.3, -0.25) is 4.79 Å². The van der Waals surface area contributed by atoms with E-state index in [0.717, 1.165) is 18.4 Å². The lowest BCUT2D eigenvalue weighted by atomic mass is 10.0. The van der Waals surface area contributed by atoms with E-state index in [1.807, 2.05) is 57.2 Å². The van der Waals surface area contributed by atoms with Crippen LogP contribution in [-0.2, 0) is 11.3 Å². The number of hydrogen-bond donors (Lipinski definition) is 1. The fraction of sp³-hybridized carbons (Fsp3) is 0.417. The summed E-state index contributed by atoms with van der Waals surface area (Å²) in [6, 6.07) is 15.2. The molecule has 2 aromatic carbocycles. The Bertz CT molecular complexity index is 912. The summed E-state index contributed by atoms with van der Waals surface area (Å²) in [6.45, 7) is 7.06. The molecule has 1 fully saturated rings. The van der Waals surface area contributed by atoms with Gasteiger partial charge >= 0.3 is 6.09 Å². The van der Waals surface area contributed by atoms with Crippen LogP contribution in [0.25, 0.3) is 0 Å². The van der Waals surface area contributed by atoms with Gasteiger partial charge in [-0.25, -0.2) is 4.79 Å². The van der Waals surface area contributed by atoms with Crippen molar-refractivity contribution in [2.75, 3.05) is 13.1 Å². The van der Waals surface area contributed by atoms with Crippen molar-refractivity contribution >= 4 is 27.9 Å². The average Bonchev–Trinajstić information content (AvgIpc) is 2.71. The highest BCUT2D eigenvalue weighted by Gasteiger charge is 2.28. The maximum atomic E-state index is 13.1. The average molecular weight is 489 g/mol. The molecule has 0 radical (unpaired) electrons. The summed E-state index contributed by atoms with van der Waals surface area (Å²) in [5.74, 6) is 0.618. The number of likely N-dealkylation sites (tertiary alicyclic amines) is 1. The van der Waals surface area contributed by atoms with Gasteiger partial charge in [0.25, 0.3) is 5.91 Å². The van der Waals surface area contributed by atoms with Crippen LogP contribution in [-0.4, -0.2) is 41.6 Å². The zero-order valence-electron chi connectivity index (χ0n) is 18.2. The van der Waals surface area contributed by atoms with Crippen molar-refractivity contribution in [3.8, 4) is 5.75 Å². The Labute approximate surface area is 192 Å². The van der Waals surface area contributed by atoms with E-state index in [2.05, 4.69) is 21.2 Å². The number of rotatable bonds is 5. The number of benzene rings is 2. The highest BCUT2D eigenvalue weighted by molar-refractivity contribution is 9.10. The van der Waals surface area contributed by atoms with E-state index in [0.29, 0.717) is 35.5 Å². The van der Waals surface area contributed by atoms with E-state index in [9.17, 15) is 9.59 Å². The summed E-state index contributed by atoms with van der Waals surface area (Å²) < 4.78 is 11.9. The van der Waals surface area contributed by atoms with Gasteiger partial charge in [-0.1, -0.05) is 30.3 Å². The first-order chi connectivity index (χ1) is 14.7. The number of piperidine rings is 1. The van der Waals surface area contributed by atoms with Crippen LogP contribution in [0, 0.1) is 0 Å². The molecule has 1 aliphatic rings. The van der Waals surface area contributed by atoms with Crippen molar-refractivity contribution in [1.82, 2.24) is 10.2 Å². The Balaban J connectivity index is 1.59. The standard InChI is InChI=1S/C24H29BrN2O4/c1-24(2,3)31-23(29)26-18-10-7-13-27(15-18)22(28)20-12-11-19(14-21(20)25)30-16-17-8-5-4-6-9-17/h4-6,8-9,11-12,14,18H,7,10,13,15-16H2,1-3H3,(H,26,29). The summed E-state index contributed by atoms with van der Waals surface area (Å²) in [7, 11) is 0. The van der Waals surface area contributed by atoms with Gasteiger partial charge in [0, 0.05) is 23.6 Å². The van der Waals surface area contributed by atoms with E-state index in [4.69, 9.17) is 9.47 Å². The normalized spacial score (nSPS) is 16.5. The number of hydrogen-bond acceptors (Lipinski definition) is 4. The molecule has 1 atom stereocenters. The van der Waals surface area contributed by atoms with Gasteiger partial charge in [0.1, 0.15) is 18.0 Å². The van der Waals surface area contributed by atoms with Crippen LogP contribution in [0.3, 0.4) is 0 Å². The third-order valence-electron chi connectivity index (χ3n) is 4.85. The smallest absolute Gasteiger partial charge is 0.407 e. The number of carbonyl (C=O) groups excluding carboxylic acids is 2. The highest BCUT2D eigenvalue weighted by atomic mass is 79.9. The van der Waals surface area contributed by atoms with Gasteiger partial charge < -0.3 is 19.7 Å². The minimum atomic E-state index is -0.552. The zero-order chi connectivity index (χ0) is 22.4. The number of alkyl carbamates (subject to hydrolysis) is 1. The number of halogens is 1. The molecule has 0 spiro atoms. The van der Waals surface area contributed by atoms with Crippen LogP contribution < -0.4 is 10.1 Å². The SMILES string of the molecule is CC(C)(C)OC(=O)NC1CCCN(C(=O)c2ccc(OCc3ccccc3)cc2Br)C1. The van der Waals surface area contributed by atoms with Crippen molar-refractivity contribution in [3.05, 3.63) is 64.1 Å². The first-order valence-corrected chi connectivity index (χ1v) is 11.3. The fourth-order valence-corrected chi connectivity index (χ4v) is 3.95. The molecule has 1 saturated heterocycles. The maximum absolute atomic E-state index is 13.1. The second-order valence-electron chi connectivity index (χ2n) is 8.65. The molecular weight excluding hydrogens is 460 g/mol. The predicted molar refractivity (Wildman–Crippen MR) is 123 cm³/mol. The Morgan fingerprint density at radius 2 is 1.90 bits per heavy atom. The molecule has 31 heavy (non-hydrogen) atoms. The largest absolute Gasteiger partial charge is 0.489 e. The number of nitrogens with zero attached hydrogens (tertiary/aromatic N) is 1. The summed E-state index contributed by atoms with van der Waals surface area (Å²) in [5.41, 5.74) is 1.10. The van der Waals surface area contributed by atoms with Crippen molar-refractivity contribution in [1.29, 1.82) is 0 Å². The molecule has 1 N–H and O–H groups in total. The van der Waals surface area contributed by atoms with E-state index < -0.39 is 11.7 Å². The molecule has 1 aliphatic heterocycles. The monoisotopic (exact) mass is 488 g/mol. The van der Waals surface area contributed by atoms with Gasteiger partial charge in [0.05, 0.1) is 5.56 Å². The molecule has 3 rings (SSSR count). The lowest BCUT2D eigenvalue weighted by Crippen LogP contribution is -2.50. The molecule has 6 nitrogen and oxygen atoms in total. The molecule has 0 aliphatic carbocycles. The van der Waals surface area contributed by atoms with E-state index in [-0.39, 0.29) is 11.9 Å². The van der Waals surface area contributed by atoms with Crippen LogP contribution in [0.1, 0.15) is 49.5 Å². The third kappa shape index (κ3) is 6.99. The first-order valence-electron chi connectivity index (χ1n) is 10.5. The van der Waals surface area contributed by atoms with Crippen molar-refractivity contribution < 1.29 is 19.1 Å². The third-order valence-corrected chi connectivity index (χ3v) is 5.50. The van der Waals surface area contributed by atoms with Gasteiger partial charge in [0.15, 0.2) is 0 Å². The molecule has 2 aromatic rings. The fourth-order valence-electron chi connectivity index (χ4n) is 3.42. The van der Waals surface area contributed by atoms with Gasteiger partial charge in [-0.15, -0.1) is 0 Å². The van der Waals surface area contributed by atoms with Crippen molar-refractivity contribution in [2.24, 2.45) is 0 Å². The van der Waals surface area contributed by atoms with E-state index in [1.54, 1.807) is 17.0 Å². The summed E-state index contributed by atoms with van der Waals surface area (Å²) in [6.07, 6.45) is 1.19. The van der Waals surface area contributed by atoms with Crippen LogP contribution in [0.4, 0.5) is 4.79 Å². The number of nitrogens with one attached hydrogen (secondary N) is 1. The molecule has 166 valence electrons. The Kier molecular flexibility index (Phi) is 7.59. The van der Waals surface area contributed by atoms with Crippen LogP contribution in [0.2, 0.25) is 0 Å². The Morgan fingerprint density at radius 3 is 2.58 bits per heavy atom. The summed E-state index contributed by atoms with van der Waals surface area (Å²) >= 11 is 3.51. The summed E-state index contributed by atoms with van der Waals surface area (Å²) in [5, 5.41) is 2.88. The molecular formula is C24H29BrN2O4. The predicted octanol–water partition coefficient (Wildman–Crippen LogP) is 5.16. The quantitative estimate of drug-likeness (QED) is 0.631. The molecule has 1 unspecified atom stereocenters.